The van der Waals surface area contributed by atoms with Crippen LogP contribution in [-0.4, -0.2) is 11.0 Å². The number of thiazole rings is 1. The number of nitrogens with one attached hydrogen (secondary N) is 1. The quantitative estimate of drug-likeness (QED) is 0.859. The van der Waals surface area contributed by atoms with Crippen molar-refractivity contribution in [3.63, 3.8) is 0 Å². The minimum atomic E-state index is 0.521. The number of aromatic nitrogens is 1. The summed E-state index contributed by atoms with van der Waals surface area (Å²) in [7, 11) is 0. The van der Waals surface area contributed by atoms with Gasteiger partial charge in [-0.15, -0.1) is 11.3 Å². The van der Waals surface area contributed by atoms with Crippen molar-refractivity contribution < 1.29 is 0 Å². The summed E-state index contributed by atoms with van der Waals surface area (Å²) in [6.45, 7) is 5.16. The monoisotopic (exact) mass is 260 g/mol. The summed E-state index contributed by atoms with van der Waals surface area (Å²) in [6.07, 6.45) is 2.29. The molecule has 2 nitrogen and oxygen atoms in total. The van der Waals surface area contributed by atoms with Crippen molar-refractivity contribution in [1.29, 1.82) is 0 Å². The zero-order valence-electron chi connectivity index (χ0n) is 11.0. The maximum atomic E-state index is 4.46. The maximum absolute atomic E-state index is 4.46. The largest absolute Gasteiger partial charge is 0.309 e. The average molecular weight is 260 g/mol. The van der Waals surface area contributed by atoms with Crippen molar-refractivity contribution in [2.75, 3.05) is 0 Å². The van der Waals surface area contributed by atoms with Crippen molar-refractivity contribution >= 4 is 11.3 Å². The van der Waals surface area contributed by atoms with Crippen LogP contribution in [0.5, 0.6) is 0 Å². The second-order valence-electron chi connectivity index (χ2n) is 4.66. The van der Waals surface area contributed by atoms with Gasteiger partial charge in [-0.25, -0.2) is 4.98 Å². The van der Waals surface area contributed by atoms with Crippen molar-refractivity contribution in [3.8, 4) is 0 Å². The molecule has 18 heavy (non-hydrogen) atoms. The SMILES string of the molecule is Cc1nc(CNC(C)CCc2ccccc2)cs1. The van der Waals surface area contributed by atoms with Crippen LogP contribution in [0, 0.1) is 6.92 Å². The highest BCUT2D eigenvalue weighted by atomic mass is 32.1. The summed E-state index contributed by atoms with van der Waals surface area (Å²) in [5.41, 5.74) is 2.57. The third-order valence-electron chi connectivity index (χ3n) is 3.01. The number of aryl methyl sites for hydroxylation is 2. The normalized spacial score (nSPS) is 12.6. The van der Waals surface area contributed by atoms with Crippen LogP contribution < -0.4 is 5.32 Å². The van der Waals surface area contributed by atoms with E-state index in [1.807, 2.05) is 6.92 Å². The number of benzene rings is 1. The molecule has 1 N–H and O–H groups in total. The Morgan fingerprint density at radius 1 is 1.28 bits per heavy atom. The average Bonchev–Trinajstić information content (AvgIpc) is 2.81. The Morgan fingerprint density at radius 3 is 2.72 bits per heavy atom. The van der Waals surface area contributed by atoms with Crippen LogP contribution in [0.1, 0.15) is 29.6 Å². The van der Waals surface area contributed by atoms with Gasteiger partial charge in [-0.2, -0.15) is 0 Å². The van der Waals surface area contributed by atoms with Crippen LogP contribution in [0.15, 0.2) is 35.7 Å². The highest BCUT2D eigenvalue weighted by Crippen LogP contribution is 2.09. The van der Waals surface area contributed by atoms with E-state index >= 15 is 0 Å². The number of nitrogens with zero attached hydrogens (tertiary/aromatic N) is 1. The molecule has 0 radical (unpaired) electrons. The van der Waals surface area contributed by atoms with Crippen LogP contribution in [-0.2, 0) is 13.0 Å². The molecule has 0 aliphatic rings. The number of rotatable bonds is 6. The Hall–Kier alpha value is -1.19. The second-order valence-corrected chi connectivity index (χ2v) is 5.73. The van der Waals surface area contributed by atoms with Gasteiger partial charge in [0.25, 0.3) is 0 Å². The molecule has 1 unspecified atom stereocenters. The molecule has 0 aliphatic heterocycles. The first-order valence-corrected chi connectivity index (χ1v) is 7.30. The molecule has 0 saturated carbocycles. The Bertz CT molecular complexity index is 464. The molecular weight excluding hydrogens is 240 g/mol. The fraction of sp³-hybridized carbons (Fsp3) is 0.400. The minimum Gasteiger partial charge on any atom is -0.309 e. The van der Waals surface area contributed by atoms with Crippen molar-refractivity contribution in [2.24, 2.45) is 0 Å². The molecule has 1 heterocycles. The third kappa shape index (κ3) is 4.24. The molecule has 0 fully saturated rings. The zero-order valence-corrected chi connectivity index (χ0v) is 11.8. The summed E-state index contributed by atoms with van der Waals surface area (Å²) in [4.78, 5) is 4.46. The van der Waals surface area contributed by atoms with Crippen LogP contribution in [0.4, 0.5) is 0 Å². The lowest BCUT2D eigenvalue weighted by atomic mass is 10.1. The predicted octanol–water partition coefficient (Wildman–Crippen LogP) is 3.56. The highest BCUT2D eigenvalue weighted by Gasteiger charge is 2.04. The van der Waals surface area contributed by atoms with Gasteiger partial charge in [0.2, 0.25) is 0 Å². The third-order valence-corrected chi connectivity index (χ3v) is 3.83. The van der Waals surface area contributed by atoms with Crippen molar-refractivity contribution in [1.82, 2.24) is 10.3 Å². The second kappa shape index (κ2) is 6.66. The molecule has 0 amide bonds. The first-order chi connectivity index (χ1) is 8.74. The topological polar surface area (TPSA) is 24.9 Å². The Kier molecular flexibility index (Phi) is 4.90. The van der Waals surface area contributed by atoms with Crippen LogP contribution in [0.25, 0.3) is 0 Å². The zero-order chi connectivity index (χ0) is 12.8. The first-order valence-electron chi connectivity index (χ1n) is 6.42. The van der Waals surface area contributed by atoms with Crippen molar-refractivity contribution in [3.05, 3.63) is 52.0 Å². The summed E-state index contributed by atoms with van der Waals surface area (Å²) in [6, 6.07) is 11.2. The summed E-state index contributed by atoms with van der Waals surface area (Å²) >= 11 is 1.72. The predicted molar refractivity (Wildman–Crippen MR) is 77.9 cm³/mol. The molecule has 2 rings (SSSR count). The molecule has 2 aromatic rings. The van der Waals surface area contributed by atoms with Crippen LogP contribution in [0.3, 0.4) is 0 Å². The van der Waals surface area contributed by atoms with E-state index in [4.69, 9.17) is 0 Å². The van der Waals surface area contributed by atoms with E-state index in [-0.39, 0.29) is 0 Å². The molecule has 0 spiro atoms. The summed E-state index contributed by atoms with van der Waals surface area (Å²) < 4.78 is 0. The van der Waals surface area contributed by atoms with Gasteiger partial charge in [-0.1, -0.05) is 30.3 Å². The van der Waals surface area contributed by atoms with Crippen LogP contribution >= 0.6 is 11.3 Å². The minimum absolute atomic E-state index is 0.521. The van der Waals surface area contributed by atoms with E-state index < -0.39 is 0 Å². The van der Waals surface area contributed by atoms with E-state index in [2.05, 4.69) is 52.9 Å². The molecular formula is C15H20N2S. The smallest absolute Gasteiger partial charge is 0.0897 e. The molecule has 1 atom stereocenters. The maximum Gasteiger partial charge on any atom is 0.0897 e. The Labute approximate surface area is 113 Å². The van der Waals surface area contributed by atoms with Gasteiger partial charge < -0.3 is 5.32 Å². The van der Waals surface area contributed by atoms with E-state index in [0.717, 1.165) is 30.1 Å². The molecule has 96 valence electrons. The number of hydrogen-bond donors (Lipinski definition) is 1. The van der Waals surface area contributed by atoms with Gasteiger partial charge >= 0.3 is 0 Å². The van der Waals surface area contributed by atoms with E-state index in [1.165, 1.54) is 5.56 Å². The van der Waals surface area contributed by atoms with Gasteiger partial charge in [0, 0.05) is 18.0 Å². The van der Waals surface area contributed by atoms with Gasteiger partial charge in [0.1, 0.15) is 0 Å². The Morgan fingerprint density at radius 2 is 2.06 bits per heavy atom. The molecule has 1 aromatic carbocycles. The molecule has 1 aromatic heterocycles. The molecule has 3 heteroatoms. The lowest BCUT2D eigenvalue weighted by Crippen LogP contribution is -2.26. The van der Waals surface area contributed by atoms with Gasteiger partial charge in [0.05, 0.1) is 10.7 Å². The lowest BCUT2D eigenvalue weighted by molar-refractivity contribution is 0.510. The van der Waals surface area contributed by atoms with Gasteiger partial charge in [-0.3, -0.25) is 0 Å². The summed E-state index contributed by atoms with van der Waals surface area (Å²) in [5, 5.41) is 6.80. The molecule has 0 bridgehead atoms. The number of hydrogen-bond acceptors (Lipinski definition) is 3. The van der Waals surface area contributed by atoms with Gasteiger partial charge in [0.15, 0.2) is 0 Å². The molecule has 0 saturated heterocycles. The highest BCUT2D eigenvalue weighted by molar-refractivity contribution is 7.09. The van der Waals surface area contributed by atoms with E-state index in [0.29, 0.717) is 6.04 Å². The van der Waals surface area contributed by atoms with Crippen molar-refractivity contribution in [2.45, 2.75) is 39.3 Å². The van der Waals surface area contributed by atoms with E-state index in [1.54, 1.807) is 11.3 Å². The lowest BCUT2D eigenvalue weighted by Gasteiger charge is -2.12. The first kappa shape index (κ1) is 13.2. The molecule has 0 aliphatic carbocycles. The Balaban J connectivity index is 1.71. The fourth-order valence-corrected chi connectivity index (χ4v) is 2.51. The van der Waals surface area contributed by atoms with Gasteiger partial charge in [-0.05, 0) is 32.3 Å². The van der Waals surface area contributed by atoms with Crippen LogP contribution in [0.2, 0.25) is 0 Å². The fourth-order valence-electron chi connectivity index (χ4n) is 1.90. The van der Waals surface area contributed by atoms with E-state index in [9.17, 15) is 0 Å². The summed E-state index contributed by atoms with van der Waals surface area (Å²) in [5.74, 6) is 0. The standard InChI is InChI=1S/C15H20N2S/c1-12(8-9-14-6-4-3-5-7-14)16-10-15-11-18-13(2)17-15/h3-7,11-12,16H,8-10H2,1-2H3.